The molecule has 51 heavy (non-hydrogen) atoms. The molecule has 0 saturated heterocycles. The van der Waals surface area contributed by atoms with Crippen molar-refractivity contribution in [3.05, 3.63) is 150 Å². The summed E-state index contributed by atoms with van der Waals surface area (Å²) in [7, 11) is 0. The Morgan fingerprint density at radius 1 is 0.471 bits per heavy atom. The summed E-state index contributed by atoms with van der Waals surface area (Å²) in [6, 6.07) is 48.1. The van der Waals surface area contributed by atoms with Crippen LogP contribution in [-0.2, 0) is 18.4 Å². The number of unbranched alkanes of at least 4 members (excludes halogenated alkanes) is 1. The van der Waals surface area contributed by atoms with Gasteiger partial charge in [0, 0.05) is 37.0 Å². The predicted octanol–water partition coefficient (Wildman–Crippen LogP) is 13.8. The van der Waals surface area contributed by atoms with Crippen molar-refractivity contribution in [2.45, 2.75) is 98.4 Å². The first-order valence-corrected chi connectivity index (χ1v) is 19.5. The molecule has 0 spiro atoms. The summed E-state index contributed by atoms with van der Waals surface area (Å²) in [5.74, 6) is 0. The number of nitrogens with zero attached hydrogens (tertiary/aromatic N) is 1. The Bertz CT molecular complexity index is 2040. The molecule has 260 valence electrons. The van der Waals surface area contributed by atoms with E-state index in [-0.39, 0.29) is 5.54 Å². The molecule has 0 atom stereocenters. The van der Waals surface area contributed by atoms with Crippen LogP contribution >= 0.6 is 0 Å². The highest BCUT2D eigenvalue weighted by Gasteiger charge is 2.37. The van der Waals surface area contributed by atoms with E-state index in [1.807, 2.05) is 0 Å². The predicted molar refractivity (Wildman–Crippen MR) is 220 cm³/mol. The molecule has 1 nitrogen and oxygen atoms in total. The highest BCUT2D eigenvalue weighted by atomic mass is 15.1. The molecule has 1 heteroatoms. The van der Waals surface area contributed by atoms with Gasteiger partial charge >= 0.3 is 0 Å². The van der Waals surface area contributed by atoms with Gasteiger partial charge in [0.25, 0.3) is 0 Å². The molecule has 5 aromatic carbocycles. The Labute approximate surface area is 308 Å². The van der Waals surface area contributed by atoms with E-state index in [2.05, 4.69) is 180 Å². The smallest absolute Gasteiger partial charge is 0.193 e. The van der Waals surface area contributed by atoms with E-state index in [0.29, 0.717) is 0 Å². The molecule has 6 aromatic rings. The lowest BCUT2D eigenvalue weighted by molar-refractivity contribution is -0.757. The molecular formula is C50H56N+. The molecule has 0 unspecified atom stereocenters. The average Bonchev–Trinajstić information content (AvgIpc) is 3.19. The van der Waals surface area contributed by atoms with E-state index in [1.165, 1.54) is 85.3 Å². The maximum Gasteiger partial charge on any atom is 0.213 e. The third-order valence-corrected chi connectivity index (χ3v) is 11.2. The van der Waals surface area contributed by atoms with Gasteiger partial charge in [-0.05, 0) is 118 Å². The van der Waals surface area contributed by atoms with Crippen LogP contribution in [0.25, 0.3) is 55.8 Å². The largest absolute Gasteiger partial charge is 0.213 e. The van der Waals surface area contributed by atoms with Gasteiger partial charge in [0.1, 0.15) is 0 Å². The summed E-state index contributed by atoms with van der Waals surface area (Å²) in [6.45, 7) is 13.8. The summed E-state index contributed by atoms with van der Waals surface area (Å²) in [4.78, 5) is 0. The first-order chi connectivity index (χ1) is 24.9. The molecule has 0 amide bonds. The zero-order valence-corrected chi connectivity index (χ0v) is 31.8. The molecule has 0 aliphatic carbocycles. The molecule has 1 heterocycles. The van der Waals surface area contributed by atoms with Crippen molar-refractivity contribution in [3.8, 4) is 55.8 Å². The second-order valence-electron chi connectivity index (χ2n) is 14.4. The second kappa shape index (κ2) is 16.5. The zero-order chi connectivity index (χ0) is 35.8. The van der Waals surface area contributed by atoms with Gasteiger partial charge < -0.3 is 0 Å². The first-order valence-electron chi connectivity index (χ1n) is 19.5. The van der Waals surface area contributed by atoms with Crippen molar-refractivity contribution in [3.63, 3.8) is 0 Å². The normalized spacial score (nSPS) is 11.6. The summed E-state index contributed by atoms with van der Waals surface area (Å²) in [6.07, 6.45) is 11.5. The lowest BCUT2D eigenvalue weighted by Gasteiger charge is -2.27. The Kier molecular flexibility index (Phi) is 11.7. The number of rotatable bonds is 14. The average molecular weight is 671 g/mol. The SMILES string of the molecule is CCCCc1ccc(-c2cc(-c3ccccc3)cc(-c3cccc(-c4ccc(CCC)c(-c5cc(C)cc[n+]5C(CC)(CC)CC)c4)c3)c2)cc1. The van der Waals surface area contributed by atoms with Gasteiger partial charge in [0.15, 0.2) is 11.7 Å². The van der Waals surface area contributed by atoms with Gasteiger partial charge in [-0.2, -0.15) is 4.57 Å². The minimum absolute atomic E-state index is 0.0970. The van der Waals surface area contributed by atoms with Crippen LogP contribution in [0.15, 0.2) is 134 Å². The van der Waals surface area contributed by atoms with Gasteiger partial charge in [0.2, 0.25) is 5.69 Å². The Morgan fingerprint density at radius 3 is 1.65 bits per heavy atom. The lowest BCUT2D eigenvalue weighted by atomic mass is 9.86. The van der Waals surface area contributed by atoms with Crippen molar-refractivity contribution < 1.29 is 4.57 Å². The molecular weight excluding hydrogens is 615 g/mol. The summed E-state index contributed by atoms with van der Waals surface area (Å²) in [5.41, 5.74) is 16.9. The zero-order valence-electron chi connectivity index (χ0n) is 31.8. The quantitative estimate of drug-likeness (QED) is 0.102. The Morgan fingerprint density at radius 2 is 1.02 bits per heavy atom. The maximum absolute atomic E-state index is 2.60. The van der Waals surface area contributed by atoms with Crippen molar-refractivity contribution in [2.75, 3.05) is 0 Å². The van der Waals surface area contributed by atoms with Crippen LogP contribution in [0.1, 0.15) is 89.8 Å². The molecule has 0 radical (unpaired) electrons. The number of benzene rings is 5. The number of hydrogen-bond acceptors (Lipinski definition) is 0. The number of aryl methyl sites for hydroxylation is 3. The van der Waals surface area contributed by atoms with Crippen LogP contribution in [0, 0.1) is 6.92 Å². The van der Waals surface area contributed by atoms with E-state index >= 15 is 0 Å². The molecule has 0 aliphatic rings. The number of pyridine rings is 1. The van der Waals surface area contributed by atoms with E-state index in [9.17, 15) is 0 Å². The van der Waals surface area contributed by atoms with Crippen LogP contribution in [0.5, 0.6) is 0 Å². The van der Waals surface area contributed by atoms with Crippen LogP contribution in [-0.4, -0.2) is 0 Å². The Balaban J connectivity index is 1.46. The summed E-state index contributed by atoms with van der Waals surface area (Å²) < 4.78 is 2.60. The van der Waals surface area contributed by atoms with Crippen LogP contribution in [0.2, 0.25) is 0 Å². The standard InChI is InChI=1S/C50H56N/c1-7-12-18-38-23-25-40(26-24-38)46-33-45(39-19-14-13-15-20-39)34-47(35-46)43-22-16-21-42(32-43)44-28-27-41(17-8-2)48(36-44)49-31-37(6)29-30-51(49)50(9-3,10-4)11-5/h13-16,19-36H,7-12,17-18H2,1-6H3/q+1. The molecule has 6 rings (SSSR count). The third kappa shape index (κ3) is 7.94. The third-order valence-electron chi connectivity index (χ3n) is 11.2. The molecule has 0 fully saturated rings. The fourth-order valence-electron chi connectivity index (χ4n) is 7.85. The number of hydrogen-bond donors (Lipinski definition) is 0. The lowest BCUT2D eigenvalue weighted by Crippen LogP contribution is -2.56. The van der Waals surface area contributed by atoms with Crippen LogP contribution < -0.4 is 4.57 Å². The fourth-order valence-corrected chi connectivity index (χ4v) is 7.85. The van der Waals surface area contributed by atoms with Crippen LogP contribution in [0.4, 0.5) is 0 Å². The van der Waals surface area contributed by atoms with Gasteiger partial charge in [-0.3, -0.25) is 0 Å². The van der Waals surface area contributed by atoms with Crippen molar-refractivity contribution >= 4 is 0 Å². The highest BCUT2D eigenvalue weighted by Crippen LogP contribution is 2.37. The molecule has 0 N–H and O–H groups in total. The van der Waals surface area contributed by atoms with E-state index < -0.39 is 0 Å². The molecule has 0 bridgehead atoms. The summed E-state index contributed by atoms with van der Waals surface area (Å²) >= 11 is 0. The highest BCUT2D eigenvalue weighted by molar-refractivity contribution is 5.83. The van der Waals surface area contributed by atoms with Crippen molar-refractivity contribution in [2.24, 2.45) is 0 Å². The Hall–Kier alpha value is -4.75. The minimum atomic E-state index is 0.0970. The van der Waals surface area contributed by atoms with E-state index in [4.69, 9.17) is 0 Å². The van der Waals surface area contributed by atoms with Gasteiger partial charge in [-0.15, -0.1) is 0 Å². The number of aromatic nitrogens is 1. The van der Waals surface area contributed by atoms with Crippen molar-refractivity contribution in [1.82, 2.24) is 0 Å². The van der Waals surface area contributed by atoms with Gasteiger partial charge in [-0.25, -0.2) is 0 Å². The summed E-state index contributed by atoms with van der Waals surface area (Å²) in [5, 5.41) is 0. The molecule has 1 aromatic heterocycles. The van der Waals surface area contributed by atoms with Crippen LogP contribution in [0.3, 0.4) is 0 Å². The van der Waals surface area contributed by atoms with E-state index in [1.54, 1.807) is 0 Å². The monoisotopic (exact) mass is 670 g/mol. The second-order valence-corrected chi connectivity index (χ2v) is 14.4. The van der Waals surface area contributed by atoms with E-state index in [0.717, 1.165) is 38.5 Å². The maximum atomic E-state index is 2.60. The molecule has 0 aliphatic heterocycles. The van der Waals surface area contributed by atoms with Crippen molar-refractivity contribution in [1.29, 1.82) is 0 Å². The topological polar surface area (TPSA) is 3.88 Å². The van der Waals surface area contributed by atoms with Gasteiger partial charge in [0.05, 0.1) is 0 Å². The molecule has 0 saturated carbocycles. The van der Waals surface area contributed by atoms with Gasteiger partial charge in [-0.1, -0.05) is 132 Å². The fraction of sp³-hybridized carbons (Fsp3) is 0.300. The minimum Gasteiger partial charge on any atom is -0.193 e. The first kappa shape index (κ1) is 36.1.